The van der Waals surface area contributed by atoms with E-state index in [0.29, 0.717) is 19.4 Å². The van der Waals surface area contributed by atoms with Crippen LogP contribution in [0.3, 0.4) is 0 Å². The number of carbonyl (C=O) groups excluding carboxylic acids is 1. The van der Waals surface area contributed by atoms with E-state index < -0.39 is 0 Å². The number of nitrogens with one attached hydrogen (secondary N) is 1. The average molecular weight is 339 g/mol. The molecule has 0 saturated carbocycles. The van der Waals surface area contributed by atoms with Gasteiger partial charge in [0.15, 0.2) is 0 Å². The van der Waals surface area contributed by atoms with Crippen LogP contribution in [0.2, 0.25) is 0 Å². The van der Waals surface area contributed by atoms with E-state index in [1.54, 1.807) is 0 Å². The molecule has 1 amide bonds. The van der Waals surface area contributed by atoms with E-state index in [9.17, 15) is 4.79 Å². The Labute approximate surface area is 151 Å². The van der Waals surface area contributed by atoms with E-state index in [1.165, 1.54) is 11.1 Å². The fourth-order valence-electron chi connectivity index (χ4n) is 3.04. The van der Waals surface area contributed by atoms with Gasteiger partial charge in [-0.3, -0.25) is 4.79 Å². The van der Waals surface area contributed by atoms with Crippen molar-refractivity contribution in [3.05, 3.63) is 58.7 Å². The Kier molecular flexibility index (Phi) is 7.05. The summed E-state index contributed by atoms with van der Waals surface area (Å²) >= 11 is 0. The second-order valence-electron chi connectivity index (χ2n) is 6.67. The largest absolute Gasteiger partial charge is 0.494 e. The zero-order valence-corrected chi connectivity index (χ0v) is 15.8. The number of aryl methyl sites for hydroxylation is 4. The molecule has 0 saturated heterocycles. The molecule has 3 heteroatoms. The molecule has 0 aromatic heterocycles. The van der Waals surface area contributed by atoms with E-state index in [-0.39, 0.29) is 5.91 Å². The molecule has 0 aliphatic heterocycles. The Morgan fingerprint density at radius 1 is 1.04 bits per heavy atom. The summed E-state index contributed by atoms with van der Waals surface area (Å²) in [6, 6.07) is 12.4. The fourth-order valence-corrected chi connectivity index (χ4v) is 3.04. The fraction of sp³-hybridized carbons (Fsp3) is 0.409. The number of amides is 1. The summed E-state index contributed by atoms with van der Waals surface area (Å²) < 4.78 is 5.72. The highest BCUT2D eigenvalue weighted by Gasteiger charge is 2.08. The molecule has 25 heavy (non-hydrogen) atoms. The third kappa shape index (κ3) is 5.93. The second kappa shape index (κ2) is 9.26. The van der Waals surface area contributed by atoms with Crippen LogP contribution in [0.4, 0.5) is 5.69 Å². The molecule has 0 atom stereocenters. The van der Waals surface area contributed by atoms with Crippen LogP contribution in [-0.2, 0) is 11.2 Å². The molecule has 3 nitrogen and oxygen atoms in total. The number of ether oxygens (including phenoxy) is 1. The Balaban J connectivity index is 1.75. The summed E-state index contributed by atoms with van der Waals surface area (Å²) in [4.78, 5) is 12.2. The maximum Gasteiger partial charge on any atom is 0.224 e. The minimum absolute atomic E-state index is 0.0388. The molecule has 0 radical (unpaired) electrons. The monoisotopic (exact) mass is 339 g/mol. The Bertz CT molecular complexity index is 681. The van der Waals surface area contributed by atoms with Crippen molar-refractivity contribution in [2.45, 2.75) is 53.4 Å². The van der Waals surface area contributed by atoms with Crippen LogP contribution in [0.25, 0.3) is 0 Å². The van der Waals surface area contributed by atoms with Crippen LogP contribution in [0.5, 0.6) is 5.75 Å². The minimum atomic E-state index is 0.0388. The summed E-state index contributed by atoms with van der Waals surface area (Å²) in [6.07, 6.45) is 3.40. The van der Waals surface area contributed by atoms with E-state index in [1.807, 2.05) is 26.0 Å². The maximum absolute atomic E-state index is 12.2. The smallest absolute Gasteiger partial charge is 0.224 e. The van der Waals surface area contributed by atoms with Gasteiger partial charge in [0.1, 0.15) is 5.75 Å². The summed E-state index contributed by atoms with van der Waals surface area (Å²) in [5.41, 5.74) is 5.69. The molecule has 134 valence electrons. The molecule has 2 aromatic carbocycles. The van der Waals surface area contributed by atoms with Crippen molar-refractivity contribution < 1.29 is 9.53 Å². The van der Waals surface area contributed by atoms with Crippen molar-refractivity contribution in [3.8, 4) is 5.75 Å². The SMILES string of the molecule is CCCc1ccc(OCCCC(=O)Nc2c(C)cc(C)cc2C)cc1. The zero-order valence-electron chi connectivity index (χ0n) is 15.8. The topological polar surface area (TPSA) is 38.3 Å². The highest BCUT2D eigenvalue weighted by Crippen LogP contribution is 2.22. The summed E-state index contributed by atoms with van der Waals surface area (Å²) in [7, 11) is 0. The molecular formula is C22H29NO2. The Morgan fingerprint density at radius 3 is 2.28 bits per heavy atom. The van der Waals surface area contributed by atoms with E-state index in [0.717, 1.165) is 35.4 Å². The average Bonchev–Trinajstić information content (AvgIpc) is 2.56. The van der Waals surface area contributed by atoms with Gasteiger partial charge in [-0.2, -0.15) is 0 Å². The molecule has 0 aliphatic carbocycles. The van der Waals surface area contributed by atoms with Gasteiger partial charge in [-0.05, 0) is 62.4 Å². The van der Waals surface area contributed by atoms with Crippen molar-refractivity contribution in [2.75, 3.05) is 11.9 Å². The van der Waals surface area contributed by atoms with Crippen LogP contribution in [0, 0.1) is 20.8 Å². The van der Waals surface area contributed by atoms with Crippen molar-refractivity contribution in [2.24, 2.45) is 0 Å². The molecule has 0 spiro atoms. The molecule has 0 unspecified atom stereocenters. The lowest BCUT2D eigenvalue weighted by atomic mass is 10.0. The first-order chi connectivity index (χ1) is 12.0. The summed E-state index contributed by atoms with van der Waals surface area (Å²) in [5, 5.41) is 3.03. The van der Waals surface area contributed by atoms with Crippen LogP contribution >= 0.6 is 0 Å². The standard InChI is InChI=1S/C22H29NO2/c1-5-7-19-9-11-20(12-10-19)25-13-6-8-21(24)23-22-17(3)14-16(2)15-18(22)4/h9-12,14-15H,5-8,13H2,1-4H3,(H,23,24). The number of hydrogen-bond acceptors (Lipinski definition) is 2. The van der Waals surface area contributed by atoms with Crippen LogP contribution < -0.4 is 10.1 Å². The molecule has 0 heterocycles. The zero-order chi connectivity index (χ0) is 18.2. The third-order valence-corrected chi connectivity index (χ3v) is 4.22. The first-order valence-corrected chi connectivity index (χ1v) is 9.09. The van der Waals surface area contributed by atoms with Crippen LogP contribution in [0.1, 0.15) is 48.4 Å². The normalized spacial score (nSPS) is 10.6. The van der Waals surface area contributed by atoms with Crippen molar-refractivity contribution >= 4 is 11.6 Å². The molecule has 1 N–H and O–H groups in total. The van der Waals surface area contributed by atoms with Crippen LogP contribution in [0.15, 0.2) is 36.4 Å². The highest BCUT2D eigenvalue weighted by atomic mass is 16.5. The van der Waals surface area contributed by atoms with Gasteiger partial charge < -0.3 is 10.1 Å². The summed E-state index contributed by atoms with van der Waals surface area (Å²) in [6.45, 7) is 8.85. The second-order valence-corrected chi connectivity index (χ2v) is 6.67. The predicted octanol–water partition coefficient (Wildman–Crippen LogP) is 5.36. The number of carbonyl (C=O) groups is 1. The highest BCUT2D eigenvalue weighted by molar-refractivity contribution is 5.92. The van der Waals surface area contributed by atoms with Gasteiger partial charge in [0, 0.05) is 12.1 Å². The molecule has 0 aliphatic rings. The molecule has 2 aromatic rings. The lowest BCUT2D eigenvalue weighted by Crippen LogP contribution is -2.14. The van der Waals surface area contributed by atoms with Crippen molar-refractivity contribution in [1.82, 2.24) is 0 Å². The number of benzene rings is 2. The maximum atomic E-state index is 12.2. The van der Waals surface area contributed by atoms with Crippen LogP contribution in [-0.4, -0.2) is 12.5 Å². The molecule has 0 fully saturated rings. The lowest BCUT2D eigenvalue weighted by Gasteiger charge is -2.13. The lowest BCUT2D eigenvalue weighted by molar-refractivity contribution is -0.116. The Morgan fingerprint density at radius 2 is 1.68 bits per heavy atom. The van der Waals surface area contributed by atoms with E-state index >= 15 is 0 Å². The van der Waals surface area contributed by atoms with Gasteiger partial charge in [0.2, 0.25) is 5.91 Å². The molecule has 0 bridgehead atoms. The quantitative estimate of drug-likeness (QED) is 0.657. The van der Waals surface area contributed by atoms with Gasteiger partial charge in [-0.25, -0.2) is 0 Å². The third-order valence-electron chi connectivity index (χ3n) is 4.22. The first-order valence-electron chi connectivity index (χ1n) is 9.09. The summed E-state index contributed by atoms with van der Waals surface area (Å²) in [5.74, 6) is 0.905. The van der Waals surface area contributed by atoms with Gasteiger partial charge in [0.05, 0.1) is 6.61 Å². The van der Waals surface area contributed by atoms with Crippen molar-refractivity contribution in [1.29, 1.82) is 0 Å². The molecule has 2 rings (SSSR count). The molecular weight excluding hydrogens is 310 g/mol. The van der Waals surface area contributed by atoms with Crippen molar-refractivity contribution in [3.63, 3.8) is 0 Å². The minimum Gasteiger partial charge on any atom is -0.494 e. The predicted molar refractivity (Wildman–Crippen MR) is 104 cm³/mol. The number of rotatable bonds is 8. The van der Waals surface area contributed by atoms with E-state index in [4.69, 9.17) is 4.74 Å². The Hall–Kier alpha value is -2.29. The number of hydrogen-bond donors (Lipinski definition) is 1. The van der Waals surface area contributed by atoms with E-state index in [2.05, 4.69) is 43.4 Å². The number of anilines is 1. The van der Waals surface area contributed by atoms with Gasteiger partial charge in [-0.1, -0.05) is 43.2 Å². The van der Waals surface area contributed by atoms with Gasteiger partial charge >= 0.3 is 0 Å². The first kappa shape index (κ1) is 19.0. The van der Waals surface area contributed by atoms with Gasteiger partial charge in [-0.15, -0.1) is 0 Å². The van der Waals surface area contributed by atoms with Gasteiger partial charge in [0.25, 0.3) is 0 Å².